The number of hydrogen-bond acceptors (Lipinski definition) is 5. The highest BCUT2D eigenvalue weighted by atomic mass is 79.9. The Morgan fingerprint density at radius 1 is 1.13 bits per heavy atom. The van der Waals surface area contributed by atoms with Crippen LogP contribution in [-0.2, 0) is 4.74 Å². The van der Waals surface area contributed by atoms with Gasteiger partial charge in [0.25, 0.3) is 5.91 Å². The highest BCUT2D eigenvalue weighted by Gasteiger charge is 2.30. The Morgan fingerprint density at radius 3 is 2.17 bits per heavy atom. The van der Waals surface area contributed by atoms with Gasteiger partial charge in [0, 0.05) is 13.1 Å². The molecule has 1 heterocycles. The Labute approximate surface area is 144 Å². The van der Waals surface area contributed by atoms with E-state index in [4.69, 9.17) is 18.9 Å². The third kappa shape index (κ3) is 3.55. The Balaban J connectivity index is 2.44. The van der Waals surface area contributed by atoms with Gasteiger partial charge < -0.3 is 23.8 Å². The van der Waals surface area contributed by atoms with Crippen molar-refractivity contribution in [2.75, 3.05) is 34.4 Å². The zero-order chi connectivity index (χ0) is 17.1. The van der Waals surface area contributed by atoms with Crippen LogP contribution in [0, 0.1) is 0 Å². The monoisotopic (exact) mass is 387 g/mol. The minimum Gasteiger partial charge on any atom is -0.493 e. The molecule has 0 radical (unpaired) electrons. The first kappa shape index (κ1) is 17.9. The maximum atomic E-state index is 12.9. The summed E-state index contributed by atoms with van der Waals surface area (Å²) >= 11 is 3.45. The predicted molar refractivity (Wildman–Crippen MR) is 89.7 cm³/mol. The molecule has 1 saturated heterocycles. The fourth-order valence-electron chi connectivity index (χ4n) is 2.79. The second-order valence-corrected chi connectivity index (χ2v) is 6.27. The van der Waals surface area contributed by atoms with Crippen LogP contribution in [-0.4, -0.2) is 57.4 Å². The van der Waals surface area contributed by atoms with Crippen molar-refractivity contribution >= 4 is 21.8 Å². The van der Waals surface area contributed by atoms with Gasteiger partial charge in [-0.25, -0.2) is 0 Å². The summed E-state index contributed by atoms with van der Waals surface area (Å²) in [6.07, 6.45) is 0.00651. The van der Waals surface area contributed by atoms with E-state index >= 15 is 0 Å². The van der Waals surface area contributed by atoms with E-state index in [1.165, 1.54) is 21.3 Å². The van der Waals surface area contributed by atoms with Crippen molar-refractivity contribution in [3.05, 3.63) is 16.1 Å². The number of hydrogen-bond donors (Lipinski definition) is 0. The second-order valence-electron chi connectivity index (χ2n) is 5.47. The van der Waals surface area contributed by atoms with Crippen LogP contribution in [0.25, 0.3) is 0 Å². The van der Waals surface area contributed by atoms with Gasteiger partial charge in [0.2, 0.25) is 5.75 Å². The highest BCUT2D eigenvalue weighted by molar-refractivity contribution is 9.10. The lowest BCUT2D eigenvalue weighted by Crippen LogP contribution is -2.48. The van der Waals surface area contributed by atoms with Gasteiger partial charge in [0.05, 0.1) is 43.6 Å². The van der Waals surface area contributed by atoms with Crippen LogP contribution >= 0.6 is 15.9 Å². The SMILES string of the molecule is COc1cc(C(=O)N2CC(C)OC(C)C2)c(Br)c(OC)c1OC. The summed E-state index contributed by atoms with van der Waals surface area (Å²) in [5.41, 5.74) is 0.473. The maximum Gasteiger partial charge on any atom is 0.255 e. The van der Waals surface area contributed by atoms with Crippen LogP contribution in [0.3, 0.4) is 0 Å². The summed E-state index contributed by atoms with van der Waals surface area (Å²) in [4.78, 5) is 14.7. The van der Waals surface area contributed by atoms with Crippen molar-refractivity contribution in [2.24, 2.45) is 0 Å². The lowest BCUT2D eigenvalue weighted by atomic mass is 10.1. The first-order chi connectivity index (χ1) is 10.9. The fraction of sp³-hybridized carbons (Fsp3) is 0.562. The minimum atomic E-state index is -0.0990. The molecule has 2 rings (SSSR count). The van der Waals surface area contributed by atoms with E-state index < -0.39 is 0 Å². The van der Waals surface area contributed by atoms with Crippen LogP contribution in [0.5, 0.6) is 17.2 Å². The Hall–Kier alpha value is -1.47. The van der Waals surface area contributed by atoms with Crippen LogP contribution in [0.15, 0.2) is 10.5 Å². The van der Waals surface area contributed by atoms with Crippen LogP contribution in [0.4, 0.5) is 0 Å². The number of halogens is 1. The molecular weight excluding hydrogens is 366 g/mol. The molecule has 0 spiro atoms. The first-order valence-electron chi connectivity index (χ1n) is 7.36. The van der Waals surface area contributed by atoms with Gasteiger partial charge in [-0.1, -0.05) is 0 Å². The zero-order valence-electron chi connectivity index (χ0n) is 14.0. The van der Waals surface area contributed by atoms with E-state index in [0.717, 1.165) is 0 Å². The molecule has 23 heavy (non-hydrogen) atoms. The van der Waals surface area contributed by atoms with Gasteiger partial charge in [0.15, 0.2) is 11.5 Å². The van der Waals surface area contributed by atoms with Crippen molar-refractivity contribution < 1.29 is 23.7 Å². The molecule has 1 aliphatic rings. The summed E-state index contributed by atoms with van der Waals surface area (Å²) in [7, 11) is 4.58. The normalized spacial score (nSPS) is 21.0. The Kier molecular flexibility index (Phi) is 5.75. The lowest BCUT2D eigenvalue weighted by molar-refractivity contribution is -0.0586. The number of rotatable bonds is 4. The van der Waals surface area contributed by atoms with E-state index in [0.29, 0.717) is 40.4 Å². The van der Waals surface area contributed by atoms with E-state index in [9.17, 15) is 4.79 Å². The van der Waals surface area contributed by atoms with Gasteiger partial charge >= 0.3 is 0 Å². The van der Waals surface area contributed by atoms with E-state index in [1.54, 1.807) is 11.0 Å². The smallest absolute Gasteiger partial charge is 0.255 e. The molecule has 1 aromatic rings. The largest absolute Gasteiger partial charge is 0.493 e. The molecule has 2 unspecified atom stereocenters. The van der Waals surface area contributed by atoms with Gasteiger partial charge in [-0.3, -0.25) is 4.79 Å². The molecule has 0 N–H and O–H groups in total. The van der Waals surface area contributed by atoms with Crippen molar-refractivity contribution in [3.63, 3.8) is 0 Å². The topological polar surface area (TPSA) is 57.2 Å². The Bertz CT molecular complexity index is 582. The average Bonchev–Trinajstić information content (AvgIpc) is 2.52. The third-order valence-electron chi connectivity index (χ3n) is 3.71. The van der Waals surface area contributed by atoms with Crippen LogP contribution in [0.1, 0.15) is 24.2 Å². The van der Waals surface area contributed by atoms with Gasteiger partial charge in [-0.2, -0.15) is 0 Å². The van der Waals surface area contributed by atoms with Gasteiger partial charge in [-0.15, -0.1) is 0 Å². The molecule has 2 atom stereocenters. The Morgan fingerprint density at radius 2 is 1.70 bits per heavy atom. The van der Waals surface area contributed by atoms with Crippen LogP contribution in [0.2, 0.25) is 0 Å². The van der Waals surface area contributed by atoms with Crippen molar-refractivity contribution in [1.82, 2.24) is 4.90 Å². The van der Waals surface area contributed by atoms with E-state index in [2.05, 4.69) is 15.9 Å². The minimum absolute atomic E-state index is 0.00325. The molecule has 1 fully saturated rings. The van der Waals surface area contributed by atoms with Gasteiger partial charge in [-0.05, 0) is 35.8 Å². The summed E-state index contributed by atoms with van der Waals surface area (Å²) < 4.78 is 22.3. The number of methoxy groups -OCH3 is 3. The molecule has 1 aliphatic heterocycles. The summed E-state index contributed by atoms with van der Waals surface area (Å²) in [5.74, 6) is 1.23. The highest BCUT2D eigenvalue weighted by Crippen LogP contribution is 2.45. The van der Waals surface area contributed by atoms with E-state index in [-0.39, 0.29) is 18.1 Å². The second kappa shape index (κ2) is 7.40. The lowest BCUT2D eigenvalue weighted by Gasteiger charge is -2.35. The summed E-state index contributed by atoms with van der Waals surface area (Å²) in [6, 6.07) is 1.67. The number of carbonyl (C=O) groups excluding carboxylic acids is 1. The number of ether oxygens (including phenoxy) is 4. The van der Waals surface area contributed by atoms with Crippen molar-refractivity contribution in [1.29, 1.82) is 0 Å². The van der Waals surface area contributed by atoms with Crippen molar-refractivity contribution in [3.8, 4) is 17.2 Å². The number of carbonyl (C=O) groups is 1. The molecule has 0 saturated carbocycles. The summed E-state index contributed by atoms with van der Waals surface area (Å²) in [5, 5.41) is 0. The quantitative estimate of drug-likeness (QED) is 0.794. The number of amides is 1. The predicted octanol–water partition coefficient (Wildman–Crippen LogP) is 2.72. The molecule has 0 aliphatic carbocycles. The molecule has 0 aromatic heterocycles. The van der Waals surface area contributed by atoms with Crippen molar-refractivity contribution in [2.45, 2.75) is 26.1 Å². The molecule has 0 bridgehead atoms. The molecule has 1 aromatic carbocycles. The maximum absolute atomic E-state index is 12.9. The molecule has 7 heteroatoms. The number of benzene rings is 1. The molecular formula is C16H22BrNO5. The fourth-order valence-corrected chi connectivity index (χ4v) is 3.42. The molecule has 1 amide bonds. The van der Waals surface area contributed by atoms with E-state index in [1.807, 2.05) is 13.8 Å². The summed E-state index contributed by atoms with van der Waals surface area (Å²) in [6.45, 7) is 5.01. The molecule has 6 nitrogen and oxygen atoms in total. The number of morpholine rings is 1. The van der Waals surface area contributed by atoms with Gasteiger partial charge in [0.1, 0.15) is 0 Å². The van der Waals surface area contributed by atoms with Crippen LogP contribution < -0.4 is 14.2 Å². The zero-order valence-corrected chi connectivity index (χ0v) is 15.6. The molecule has 128 valence electrons. The standard InChI is InChI=1S/C16H22BrNO5/c1-9-7-18(8-10(2)23-9)16(19)11-6-12(20-3)14(21-4)15(22-5)13(11)17/h6,9-10H,7-8H2,1-5H3. The average molecular weight is 388 g/mol. The first-order valence-corrected chi connectivity index (χ1v) is 8.15. The number of nitrogens with zero attached hydrogens (tertiary/aromatic N) is 1. The third-order valence-corrected chi connectivity index (χ3v) is 4.49.